The number of para-hydroxylation sites is 2. The lowest BCUT2D eigenvalue weighted by atomic mass is 9.70. The van der Waals surface area contributed by atoms with Crippen LogP contribution in [0.5, 0.6) is 16.7 Å². The topological polar surface area (TPSA) is 63.6 Å². The van der Waals surface area contributed by atoms with Crippen molar-refractivity contribution in [3.05, 3.63) is 83.9 Å². The van der Waals surface area contributed by atoms with Crippen LogP contribution in [0.3, 0.4) is 0 Å². The Balaban J connectivity index is 1.10. The highest BCUT2D eigenvalue weighted by molar-refractivity contribution is 7.20. The summed E-state index contributed by atoms with van der Waals surface area (Å²) in [5, 5.41) is 14.4. The number of thiazole rings is 1. The molecule has 4 aromatic rings. The molecule has 0 spiro atoms. The Hall–Kier alpha value is -3.35. The second-order valence-corrected chi connectivity index (χ2v) is 10.2. The van der Waals surface area contributed by atoms with Crippen LogP contribution in [0.2, 0.25) is 0 Å². The first-order valence-electron chi connectivity index (χ1n) is 12.2. The second kappa shape index (κ2) is 9.72. The molecule has 0 saturated heterocycles. The summed E-state index contributed by atoms with van der Waals surface area (Å²) in [6, 6.07) is 24.5. The minimum absolute atomic E-state index is 0.216. The first-order valence-corrected chi connectivity index (χ1v) is 13.0. The van der Waals surface area contributed by atoms with Crippen molar-refractivity contribution in [1.29, 1.82) is 0 Å². The average molecular weight is 485 g/mol. The molecule has 1 fully saturated rings. The normalized spacial score (nSPS) is 20.9. The molecule has 35 heavy (non-hydrogen) atoms. The molecule has 0 bridgehead atoms. The van der Waals surface area contributed by atoms with E-state index in [2.05, 4.69) is 40.6 Å². The second-order valence-electron chi connectivity index (χ2n) is 9.21. The molecule has 0 amide bonds. The summed E-state index contributed by atoms with van der Waals surface area (Å²) in [6.45, 7) is 0.819. The van der Waals surface area contributed by atoms with Gasteiger partial charge in [-0.25, -0.2) is 4.98 Å². The number of nitrogens with zero attached hydrogens (tertiary/aromatic N) is 1. The van der Waals surface area contributed by atoms with Crippen molar-refractivity contribution in [2.75, 3.05) is 18.5 Å². The number of hydrogen-bond donors (Lipinski definition) is 2. The molecule has 3 atom stereocenters. The van der Waals surface area contributed by atoms with E-state index in [-0.39, 0.29) is 12.5 Å². The number of ether oxygens (including phenoxy) is 2. The summed E-state index contributed by atoms with van der Waals surface area (Å²) < 4.78 is 13.2. The molecule has 1 saturated carbocycles. The first kappa shape index (κ1) is 22.1. The molecular weight excluding hydrogens is 456 g/mol. The maximum Gasteiger partial charge on any atom is 0.279 e. The highest BCUT2D eigenvalue weighted by Crippen LogP contribution is 2.42. The molecule has 3 aromatic carbocycles. The average Bonchev–Trinajstić information content (AvgIpc) is 3.31. The first-order chi connectivity index (χ1) is 17.3. The van der Waals surface area contributed by atoms with Crippen LogP contribution in [0.1, 0.15) is 24.8 Å². The van der Waals surface area contributed by atoms with Gasteiger partial charge in [-0.15, -0.1) is 0 Å². The van der Waals surface area contributed by atoms with Gasteiger partial charge >= 0.3 is 0 Å². The van der Waals surface area contributed by atoms with Crippen LogP contribution in [-0.4, -0.2) is 29.3 Å². The number of aromatic nitrogens is 1. The molecule has 178 valence electrons. The smallest absolute Gasteiger partial charge is 0.279 e. The minimum Gasteiger partial charge on any atom is -0.494 e. The van der Waals surface area contributed by atoms with Crippen molar-refractivity contribution in [2.45, 2.75) is 25.3 Å². The number of aliphatic hydroxyl groups excluding tert-OH is 1. The lowest BCUT2D eigenvalue weighted by Gasteiger charge is -2.41. The molecule has 6 heteroatoms. The Kier molecular flexibility index (Phi) is 6.15. The molecule has 3 unspecified atom stereocenters. The fourth-order valence-corrected chi connectivity index (χ4v) is 6.12. The van der Waals surface area contributed by atoms with Gasteiger partial charge in [0.25, 0.3) is 5.19 Å². The van der Waals surface area contributed by atoms with E-state index in [1.807, 2.05) is 48.5 Å². The third kappa shape index (κ3) is 4.64. The predicted molar refractivity (Wildman–Crippen MR) is 141 cm³/mol. The van der Waals surface area contributed by atoms with Gasteiger partial charge in [0.05, 0.1) is 16.8 Å². The molecule has 1 aliphatic carbocycles. The minimum atomic E-state index is 0.216. The summed E-state index contributed by atoms with van der Waals surface area (Å²) >= 11 is 1.54. The summed E-state index contributed by atoms with van der Waals surface area (Å²) in [6.07, 6.45) is 5.29. The maximum atomic E-state index is 10.1. The van der Waals surface area contributed by atoms with E-state index >= 15 is 0 Å². The molecule has 2 heterocycles. The van der Waals surface area contributed by atoms with E-state index in [1.54, 1.807) is 0 Å². The van der Waals surface area contributed by atoms with Crippen LogP contribution < -0.4 is 14.8 Å². The van der Waals surface area contributed by atoms with Crippen molar-refractivity contribution in [3.63, 3.8) is 0 Å². The van der Waals surface area contributed by atoms with Crippen LogP contribution in [0.15, 0.2) is 78.4 Å². The number of rotatable bonds is 7. The number of nitrogens with one attached hydrogen (secondary N) is 1. The number of benzene rings is 3. The summed E-state index contributed by atoms with van der Waals surface area (Å²) in [4.78, 5) is 4.53. The zero-order valence-electron chi connectivity index (χ0n) is 19.4. The highest BCUT2D eigenvalue weighted by Gasteiger charge is 2.36. The van der Waals surface area contributed by atoms with Gasteiger partial charge < -0.3 is 19.9 Å². The number of anilines is 1. The van der Waals surface area contributed by atoms with E-state index in [4.69, 9.17) is 9.47 Å². The van der Waals surface area contributed by atoms with E-state index in [0.717, 1.165) is 41.0 Å². The van der Waals surface area contributed by atoms with Gasteiger partial charge in [0, 0.05) is 18.3 Å². The molecule has 2 N–H and O–H groups in total. The fourth-order valence-electron chi connectivity index (χ4n) is 5.29. The Morgan fingerprint density at radius 3 is 2.60 bits per heavy atom. The van der Waals surface area contributed by atoms with E-state index in [9.17, 15) is 5.11 Å². The van der Waals surface area contributed by atoms with E-state index < -0.39 is 0 Å². The molecule has 6 rings (SSSR count). The fraction of sp³-hybridized carbons (Fsp3) is 0.276. The molecule has 2 aliphatic rings. The van der Waals surface area contributed by atoms with Gasteiger partial charge in [0.15, 0.2) is 0 Å². The Morgan fingerprint density at radius 2 is 1.74 bits per heavy atom. The number of fused-ring (bicyclic) bond motifs is 3. The van der Waals surface area contributed by atoms with Crippen molar-refractivity contribution in [3.8, 4) is 16.7 Å². The largest absolute Gasteiger partial charge is 0.494 e. The van der Waals surface area contributed by atoms with Crippen molar-refractivity contribution in [2.24, 2.45) is 11.8 Å². The van der Waals surface area contributed by atoms with Crippen LogP contribution in [0, 0.1) is 11.8 Å². The number of hydrogen-bond acceptors (Lipinski definition) is 6. The molecule has 5 nitrogen and oxygen atoms in total. The van der Waals surface area contributed by atoms with Crippen LogP contribution in [0.4, 0.5) is 5.69 Å². The van der Waals surface area contributed by atoms with Gasteiger partial charge in [-0.3, -0.25) is 0 Å². The van der Waals surface area contributed by atoms with Gasteiger partial charge in [-0.1, -0.05) is 47.7 Å². The number of aliphatic hydroxyl groups is 1. The van der Waals surface area contributed by atoms with Crippen LogP contribution in [0.25, 0.3) is 16.3 Å². The maximum absolute atomic E-state index is 10.1. The quantitative estimate of drug-likeness (QED) is 0.304. The summed E-state index contributed by atoms with van der Waals surface area (Å²) in [5.41, 5.74) is 4.78. The lowest BCUT2D eigenvalue weighted by molar-refractivity contribution is 0.143. The Morgan fingerprint density at radius 1 is 0.943 bits per heavy atom. The third-order valence-electron chi connectivity index (χ3n) is 7.07. The predicted octanol–water partition coefficient (Wildman–Crippen LogP) is 6.75. The lowest BCUT2D eigenvalue weighted by Crippen LogP contribution is -2.39. The van der Waals surface area contributed by atoms with Gasteiger partial charge in [-0.2, -0.15) is 0 Å². The monoisotopic (exact) mass is 484 g/mol. The molecule has 0 radical (unpaired) electrons. The van der Waals surface area contributed by atoms with Crippen molar-refractivity contribution < 1.29 is 14.6 Å². The molecule has 1 aliphatic heterocycles. The van der Waals surface area contributed by atoms with E-state index in [0.29, 0.717) is 23.8 Å². The molecular formula is C29H28N2O3S. The molecule has 1 aromatic heterocycles. The van der Waals surface area contributed by atoms with E-state index in [1.165, 1.54) is 28.2 Å². The standard InChI is InChI=1S/C29H28N2O3S/c32-18-20-9-14-26-24(17-19-5-1-2-6-25(19)30-26)23(20)15-16-33-21-10-12-22(13-11-21)34-29-31-27-7-3-4-8-28(27)35-29/h1-8,10-13,17,20,23,26,30,32H,9,14-16,18H2. The van der Waals surface area contributed by atoms with Crippen molar-refractivity contribution >= 4 is 33.3 Å². The van der Waals surface area contributed by atoms with Gasteiger partial charge in [-0.05, 0) is 84.7 Å². The van der Waals surface area contributed by atoms with Crippen LogP contribution >= 0.6 is 11.3 Å². The van der Waals surface area contributed by atoms with Gasteiger partial charge in [0.2, 0.25) is 0 Å². The summed E-state index contributed by atoms with van der Waals surface area (Å²) in [5.74, 6) is 2.14. The summed E-state index contributed by atoms with van der Waals surface area (Å²) in [7, 11) is 0. The van der Waals surface area contributed by atoms with Gasteiger partial charge in [0.1, 0.15) is 11.5 Å². The van der Waals surface area contributed by atoms with Crippen molar-refractivity contribution in [1.82, 2.24) is 4.98 Å². The highest BCUT2D eigenvalue weighted by atomic mass is 32.1. The SMILES string of the molecule is OCC1CCC2Nc3ccccc3C=C2C1CCOc1ccc(Oc2nc3ccccc3s2)cc1. The third-order valence-corrected chi connectivity index (χ3v) is 7.99. The Bertz CT molecular complexity index is 1310. The Labute approximate surface area is 209 Å². The van der Waals surface area contributed by atoms with Crippen LogP contribution in [-0.2, 0) is 0 Å². The zero-order chi connectivity index (χ0) is 23.6. The zero-order valence-corrected chi connectivity index (χ0v) is 20.2.